The lowest BCUT2D eigenvalue weighted by Gasteiger charge is -2.17. The van der Waals surface area contributed by atoms with Crippen molar-refractivity contribution >= 4 is 23.8 Å². The number of carboxylic acid groups (broad SMARTS) is 2. The fourth-order valence-corrected chi connectivity index (χ4v) is 1.45. The van der Waals surface area contributed by atoms with Gasteiger partial charge in [0, 0.05) is 13.0 Å². The minimum Gasteiger partial charge on any atom is -0.481 e. The van der Waals surface area contributed by atoms with Crippen molar-refractivity contribution in [2.24, 2.45) is 22.2 Å². The van der Waals surface area contributed by atoms with Gasteiger partial charge in [0.25, 0.3) is 0 Å². The van der Waals surface area contributed by atoms with Crippen molar-refractivity contribution in [2.45, 2.75) is 37.8 Å². The summed E-state index contributed by atoms with van der Waals surface area (Å²) in [5.74, 6) is -3.09. The first-order valence-corrected chi connectivity index (χ1v) is 6.30. The lowest BCUT2D eigenvalue weighted by molar-refractivity contribution is -0.142. The van der Waals surface area contributed by atoms with Gasteiger partial charge in [-0.1, -0.05) is 0 Å². The molecule has 0 bridgehead atoms. The van der Waals surface area contributed by atoms with Crippen LogP contribution >= 0.6 is 0 Å². The molecule has 1 amide bonds. The second kappa shape index (κ2) is 9.53. The second-order valence-corrected chi connectivity index (χ2v) is 4.39. The Morgan fingerprint density at radius 2 is 1.76 bits per heavy atom. The Kier molecular flexibility index (Phi) is 8.46. The highest BCUT2D eigenvalue weighted by Crippen LogP contribution is 2.01. The van der Waals surface area contributed by atoms with Crippen LogP contribution < -0.4 is 22.5 Å². The number of rotatable bonds is 10. The van der Waals surface area contributed by atoms with Gasteiger partial charge in [0.15, 0.2) is 5.96 Å². The van der Waals surface area contributed by atoms with Gasteiger partial charge >= 0.3 is 11.9 Å². The molecule has 10 heteroatoms. The lowest BCUT2D eigenvalue weighted by atomic mass is 10.1. The third-order valence-electron chi connectivity index (χ3n) is 2.57. The highest BCUT2D eigenvalue weighted by Gasteiger charge is 2.23. The Balaban J connectivity index is 4.29. The SMILES string of the molecule is NC(N)=NCCCC(NC(=O)C(N)CCC(=O)O)C(=O)O. The third-order valence-corrected chi connectivity index (χ3v) is 2.57. The molecule has 0 aromatic carbocycles. The van der Waals surface area contributed by atoms with E-state index in [9.17, 15) is 14.4 Å². The van der Waals surface area contributed by atoms with Crippen LogP contribution in [0.25, 0.3) is 0 Å². The predicted molar refractivity (Wildman–Crippen MR) is 74.3 cm³/mol. The van der Waals surface area contributed by atoms with Crippen LogP contribution in [0.2, 0.25) is 0 Å². The lowest BCUT2D eigenvalue weighted by Crippen LogP contribution is -2.48. The molecule has 0 aliphatic heterocycles. The third kappa shape index (κ3) is 9.21. The summed E-state index contributed by atoms with van der Waals surface area (Å²) in [6.07, 6.45) is 0.154. The molecule has 2 atom stereocenters. The molecule has 0 radical (unpaired) electrons. The van der Waals surface area contributed by atoms with E-state index >= 15 is 0 Å². The van der Waals surface area contributed by atoms with Crippen molar-refractivity contribution in [3.8, 4) is 0 Å². The Bertz CT molecular complexity index is 408. The number of hydrogen-bond acceptors (Lipinski definition) is 5. The average Bonchev–Trinajstić information content (AvgIpc) is 2.38. The Morgan fingerprint density at radius 3 is 2.24 bits per heavy atom. The average molecular weight is 303 g/mol. The van der Waals surface area contributed by atoms with E-state index in [4.69, 9.17) is 27.4 Å². The van der Waals surface area contributed by atoms with Crippen LogP contribution in [0.5, 0.6) is 0 Å². The number of aliphatic carboxylic acids is 2. The fourth-order valence-electron chi connectivity index (χ4n) is 1.45. The highest BCUT2D eigenvalue weighted by atomic mass is 16.4. The molecule has 0 aliphatic rings. The summed E-state index contributed by atoms with van der Waals surface area (Å²) in [7, 11) is 0. The van der Waals surface area contributed by atoms with Crippen LogP contribution in [-0.2, 0) is 14.4 Å². The van der Waals surface area contributed by atoms with Crippen molar-refractivity contribution in [3.63, 3.8) is 0 Å². The van der Waals surface area contributed by atoms with Crippen LogP contribution in [0.1, 0.15) is 25.7 Å². The number of hydrogen-bond donors (Lipinski definition) is 6. The molecule has 0 aliphatic carbocycles. The minimum absolute atomic E-state index is 0.0680. The van der Waals surface area contributed by atoms with E-state index in [0.717, 1.165) is 0 Å². The maximum Gasteiger partial charge on any atom is 0.326 e. The Morgan fingerprint density at radius 1 is 1.14 bits per heavy atom. The molecule has 9 N–H and O–H groups in total. The van der Waals surface area contributed by atoms with Crippen molar-refractivity contribution in [3.05, 3.63) is 0 Å². The Labute approximate surface area is 121 Å². The van der Waals surface area contributed by atoms with E-state index in [1.807, 2.05) is 0 Å². The maximum atomic E-state index is 11.7. The summed E-state index contributed by atoms with van der Waals surface area (Å²) in [5, 5.41) is 19.7. The van der Waals surface area contributed by atoms with Crippen molar-refractivity contribution in [1.29, 1.82) is 0 Å². The molecule has 0 spiro atoms. The number of nitrogens with one attached hydrogen (secondary N) is 1. The van der Waals surface area contributed by atoms with Gasteiger partial charge in [-0.15, -0.1) is 0 Å². The van der Waals surface area contributed by atoms with Crippen LogP contribution in [-0.4, -0.2) is 52.6 Å². The van der Waals surface area contributed by atoms with Crippen LogP contribution in [0, 0.1) is 0 Å². The standard InChI is InChI=1S/C11H21N5O5/c12-6(3-4-8(17)18)9(19)16-7(10(20)21)2-1-5-15-11(13)14/h6-7H,1-5,12H2,(H,16,19)(H,17,18)(H,20,21)(H4,13,14,15). The summed E-state index contributed by atoms with van der Waals surface area (Å²) in [6.45, 7) is 0.243. The molecule has 0 aromatic rings. The number of carbonyl (C=O) groups excluding carboxylic acids is 1. The maximum absolute atomic E-state index is 11.7. The number of nitrogens with zero attached hydrogens (tertiary/aromatic N) is 1. The zero-order chi connectivity index (χ0) is 16.4. The first kappa shape index (κ1) is 18.6. The van der Waals surface area contributed by atoms with Crippen molar-refractivity contribution < 1.29 is 24.6 Å². The normalized spacial score (nSPS) is 13.0. The van der Waals surface area contributed by atoms with Crippen LogP contribution in [0.15, 0.2) is 4.99 Å². The number of amides is 1. The van der Waals surface area contributed by atoms with Crippen LogP contribution in [0.3, 0.4) is 0 Å². The molecular formula is C11H21N5O5. The summed E-state index contributed by atoms with van der Waals surface area (Å²) < 4.78 is 0. The van der Waals surface area contributed by atoms with Crippen molar-refractivity contribution in [2.75, 3.05) is 6.54 Å². The number of carbonyl (C=O) groups is 3. The summed E-state index contributed by atoms with van der Waals surface area (Å²) in [4.78, 5) is 36.7. The molecule has 21 heavy (non-hydrogen) atoms. The van der Waals surface area contributed by atoms with Gasteiger partial charge in [0.2, 0.25) is 5.91 Å². The van der Waals surface area contributed by atoms with E-state index in [1.165, 1.54) is 0 Å². The number of nitrogens with two attached hydrogens (primary N) is 3. The molecule has 0 saturated carbocycles. The zero-order valence-corrected chi connectivity index (χ0v) is 11.5. The molecule has 2 unspecified atom stereocenters. The number of guanidine groups is 1. The Hall–Kier alpha value is -2.36. The molecule has 120 valence electrons. The van der Waals surface area contributed by atoms with Gasteiger partial charge in [-0.05, 0) is 19.3 Å². The smallest absolute Gasteiger partial charge is 0.326 e. The van der Waals surface area contributed by atoms with Crippen LogP contribution in [0.4, 0.5) is 0 Å². The summed E-state index contributed by atoms with van der Waals surface area (Å²) in [5.41, 5.74) is 15.7. The van der Waals surface area contributed by atoms with Gasteiger partial charge in [0.1, 0.15) is 6.04 Å². The van der Waals surface area contributed by atoms with E-state index in [-0.39, 0.29) is 31.8 Å². The summed E-state index contributed by atoms with van der Waals surface area (Å²) >= 11 is 0. The zero-order valence-electron chi connectivity index (χ0n) is 11.5. The van der Waals surface area contributed by atoms with Crippen molar-refractivity contribution in [1.82, 2.24) is 5.32 Å². The number of carboxylic acids is 2. The molecule has 0 heterocycles. The first-order valence-electron chi connectivity index (χ1n) is 6.30. The monoisotopic (exact) mass is 303 g/mol. The van der Waals surface area contributed by atoms with Gasteiger partial charge < -0.3 is 32.7 Å². The highest BCUT2D eigenvalue weighted by molar-refractivity contribution is 5.87. The second-order valence-electron chi connectivity index (χ2n) is 4.39. The van der Waals surface area contributed by atoms with E-state index < -0.39 is 29.9 Å². The molecule has 0 rings (SSSR count). The first-order chi connectivity index (χ1) is 9.73. The van der Waals surface area contributed by atoms with E-state index in [1.54, 1.807) is 0 Å². The van der Waals surface area contributed by atoms with Gasteiger partial charge in [-0.2, -0.15) is 0 Å². The van der Waals surface area contributed by atoms with Gasteiger partial charge in [0.05, 0.1) is 6.04 Å². The molecule has 10 nitrogen and oxygen atoms in total. The molecule has 0 fully saturated rings. The topological polar surface area (TPSA) is 194 Å². The molecule has 0 aromatic heterocycles. The van der Waals surface area contributed by atoms with E-state index in [2.05, 4.69) is 10.3 Å². The van der Waals surface area contributed by atoms with E-state index in [0.29, 0.717) is 6.42 Å². The predicted octanol–water partition coefficient (Wildman–Crippen LogP) is -2.20. The van der Waals surface area contributed by atoms with Gasteiger partial charge in [-0.3, -0.25) is 14.6 Å². The van der Waals surface area contributed by atoms with Gasteiger partial charge in [-0.25, -0.2) is 4.79 Å². The fraction of sp³-hybridized carbons (Fsp3) is 0.636. The number of aliphatic imine (C=N–C) groups is 1. The largest absolute Gasteiger partial charge is 0.481 e. The quantitative estimate of drug-likeness (QED) is 0.148. The minimum atomic E-state index is -1.21. The summed E-state index contributed by atoms with van der Waals surface area (Å²) in [6, 6.07) is -2.19. The molecular weight excluding hydrogens is 282 g/mol. The molecule has 0 saturated heterocycles.